The highest BCUT2D eigenvalue weighted by Crippen LogP contribution is 2.31. The number of nitrogens with zero attached hydrogens (tertiary/aromatic N) is 2. The topological polar surface area (TPSA) is 92.6 Å². The second-order valence-electron chi connectivity index (χ2n) is 6.89. The average molecular weight is 367 g/mol. The molecule has 0 aliphatic carbocycles. The third-order valence-corrected chi connectivity index (χ3v) is 4.99. The average Bonchev–Trinajstić information content (AvgIpc) is 3.00. The normalized spacial score (nSPS) is 16.5. The van der Waals surface area contributed by atoms with Crippen LogP contribution < -0.4 is 10.2 Å². The van der Waals surface area contributed by atoms with Crippen LogP contribution in [0, 0.1) is 36.8 Å². The van der Waals surface area contributed by atoms with Crippen molar-refractivity contribution in [1.29, 1.82) is 0 Å². The second kappa shape index (κ2) is 7.19. The Kier molecular flexibility index (Phi) is 4.94. The van der Waals surface area contributed by atoms with Crippen molar-refractivity contribution in [2.45, 2.75) is 27.2 Å². The van der Waals surface area contributed by atoms with Gasteiger partial charge >= 0.3 is 0 Å². The molecule has 1 unspecified atom stereocenters. The zero-order valence-electron chi connectivity index (χ0n) is 15.5. The first kappa shape index (κ1) is 18.6. The first-order chi connectivity index (χ1) is 12.8. The number of para-hydroxylation sites is 1. The predicted molar refractivity (Wildman–Crippen MR) is 103 cm³/mol. The third-order valence-electron chi connectivity index (χ3n) is 4.99. The molecule has 7 nitrogen and oxygen atoms in total. The highest BCUT2D eigenvalue weighted by molar-refractivity contribution is 6.04. The fourth-order valence-electron chi connectivity index (χ4n) is 3.22. The van der Waals surface area contributed by atoms with Gasteiger partial charge in [0.2, 0.25) is 11.8 Å². The van der Waals surface area contributed by atoms with Gasteiger partial charge in [0.1, 0.15) is 5.69 Å². The van der Waals surface area contributed by atoms with Gasteiger partial charge in [0.15, 0.2) is 0 Å². The molecule has 1 saturated heterocycles. The summed E-state index contributed by atoms with van der Waals surface area (Å²) in [6.07, 6.45) is 0.0818. The van der Waals surface area contributed by atoms with Gasteiger partial charge in [-0.2, -0.15) is 0 Å². The monoisotopic (exact) mass is 367 g/mol. The molecule has 1 N–H and O–H groups in total. The van der Waals surface area contributed by atoms with Crippen LogP contribution in [0.25, 0.3) is 0 Å². The van der Waals surface area contributed by atoms with E-state index in [0.717, 1.165) is 16.8 Å². The number of aryl methyl sites for hydroxylation is 3. The van der Waals surface area contributed by atoms with Crippen LogP contribution in [-0.2, 0) is 9.59 Å². The molecule has 7 heteroatoms. The number of carbonyl (C=O) groups is 2. The zero-order valence-corrected chi connectivity index (χ0v) is 15.5. The molecule has 1 aliphatic rings. The molecule has 2 amide bonds. The number of anilines is 2. The Morgan fingerprint density at radius 2 is 1.89 bits per heavy atom. The quantitative estimate of drug-likeness (QED) is 0.661. The van der Waals surface area contributed by atoms with E-state index in [2.05, 4.69) is 5.32 Å². The number of carbonyl (C=O) groups excluding carboxylic acids is 2. The van der Waals surface area contributed by atoms with Gasteiger partial charge in [0.25, 0.3) is 5.69 Å². The lowest BCUT2D eigenvalue weighted by Crippen LogP contribution is -2.28. The van der Waals surface area contributed by atoms with Crippen LogP contribution in [0.2, 0.25) is 0 Å². The van der Waals surface area contributed by atoms with Crippen LogP contribution in [0.1, 0.15) is 23.1 Å². The maximum Gasteiger partial charge on any atom is 0.293 e. The van der Waals surface area contributed by atoms with Gasteiger partial charge in [-0.25, -0.2) is 0 Å². The molecular weight excluding hydrogens is 346 g/mol. The first-order valence-electron chi connectivity index (χ1n) is 8.70. The van der Waals surface area contributed by atoms with Gasteiger partial charge in [-0.05, 0) is 49.6 Å². The van der Waals surface area contributed by atoms with Crippen LogP contribution in [0.3, 0.4) is 0 Å². The van der Waals surface area contributed by atoms with Crippen LogP contribution in [0.5, 0.6) is 0 Å². The van der Waals surface area contributed by atoms with Crippen LogP contribution in [0.4, 0.5) is 17.1 Å². The maximum absolute atomic E-state index is 12.7. The van der Waals surface area contributed by atoms with Crippen molar-refractivity contribution < 1.29 is 14.5 Å². The van der Waals surface area contributed by atoms with Crippen molar-refractivity contribution >= 4 is 28.9 Å². The lowest BCUT2D eigenvalue weighted by atomic mass is 10.1. The van der Waals surface area contributed by atoms with Crippen LogP contribution in [0.15, 0.2) is 36.4 Å². The van der Waals surface area contributed by atoms with Crippen molar-refractivity contribution in [2.24, 2.45) is 5.92 Å². The predicted octanol–water partition coefficient (Wildman–Crippen LogP) is 3.51. The van der Waals surface area contributed by atoms with E-state index in [1.165, 1.54) is 6.07 Å². The number of nitro groups is 1. The minimum atomic E-state index is -0.557. The van der Waals surface area contributed by atoms with Crippen LogP contribution in [-0.4, -0.2) is 23.3 Å². The first-order valence-corrected chi connectivity index (χ1v) is 8.70. The summed E-state index contributed by atoms with van der Waals surface area (Å²) in [5.74, 6) is -1.07. The molecule has 27 heavy (non-hydrogen) atoms. The molecule has 0 saturated carbocycles. The molecule has 0 spiro atoms. The number of hydrogen-bond acceptors (Lipinski definition) is 4. The van der Waals surface area contributed by atoms with Gasteiger partial charge < -0.3 is 10.2 Å². The van der Waals surface area contributed by atoms with Crippen molar-refractivity contribution in [3.8, 4) is 0 Å². The summed E-state index contributed by atoms with van der Waals surface area (Å²) in [7, 11) is 0. The molecule has 1 atom stereocenters. The molecule has 0 aromatic heterocycles. The number of amides is 2. The lowest BCUT2D eigenvalue weighted by Gasteiger charge is -2.18. The standard InChI is InChI=1S/C20H21N3O4/c1-12-7-8-16(9-14(12)3)22-11-15(10-18(22)24)20(25)21-19-13(2)5-4-6-17(19)23(26)27/h4-9,15H,10-11H2,1-3H3,(H,21,25). The number of rotatable bonds is 4. The SMILES string of the molecule is Cc1ccc(N2CC(C(=O)Nc3c(C)cccc3[N+](=O)[O-])CC2=O)cc1C. The maximum atomic E-state index is 12.7. The van der Waals surface area contributed by atoms with E-state index in [0.29, 0.717) is 5.56 Å². The van der Waals surface area contributed by atoms with Gasteiger partial charge in [-0.1, -0.05) is 18.2 Å². The van der Waals surface area contributed by atoms with Gasteiger partial charge in [-0.15, -0.1) is 0 Å². The summed E-state index contributed by atoms with van der Waals surface area (Å²) in [5.41, 5.74) is 3.60. The van der Waals surface area contributed by atoms with E-state index in [9.17, 15) is 19.7 Å². The van der Waals surface area contributed by atoms with E-state index in [1.54, 1.807) is 24.0 Å². The Balaban J connectivity index is 1.79. The molecule has 0 bridgehead atoms. The van der Waals surface area contributed by atoms with E-state index in [4.69, 9.17) is 0 Å². The van der Waals surface area contributed by atoms with Crippen molar-refractivity contribution in [3.63, 3.8) is 0 Å². The molecule has 140 valence electrons. The third kappa shape index (κ3) is 3.67. The smallest absolute Gasteiger partial charge is 0.293 e. The Morgan fingerprint density at radius 3 is 2.56 bits per heavy atom. The Bertz CT molecular complexity index is 939. The fourth-order valence-corrected chi connectivity index (χ4v) is 3.22. The molecule has 0 radical (unpaired) electrons. The molecule has 3 rings (SSSR count). The highest BCUT2D eigenvalue weighted by atomic mass is 16.6. The van der Waals surface area contributed by atoms with Crippen molar-refractivity contribution in [1.82, 2.24) is 0 Å². The number of nitro benzene ring substituents is 1. The number of benzene rings is 2. The van der Waals surface area contributed by atoms with Gasteiger partial charge in [0.05, 0.1) is 10.8 Å². The minimum absolute atomic E-state index is 0.0818. The van der Waals surface area contributed by atoms with Crippen molar-refractivity contribution in [3.05, 3.63) is 63.2 Å². The molecule has 2 aromatic rings. The van der Waals surface area contributed by atoms with E-state index in [1.807, 2.05) is 32.0 Å². The molecule has 1 heterocycles. The minimum Gasteiger partial charge on any atom is -0.320 e. The molecular formula is C20H21N3O4. The summed E-state index contributed by atoms with van der Waals surface area (Å²) in [5, 5.41) is 13.9. The summed E-state index contributed by atoms with van der Waals surface area (Å²) in [4.78, 5) is 37.4. The summed E-state index contributed by atoms with van der Waals surface area (Å²) in [6.45, 7) is 5.92. The molecule has 2 aromatic carbocycles. The largest absolute Gasteiger partial charge is 0.320 e. The zero-order chi connectivity index (χ0) is 19.7. The Hall–Kier alpha value is -3.22. The second-order valence-corrected chi connectivity index (χ2v) is 6.89. The Morgan fingerprint density at radius 1 is 1.15 bits per heavy atom. The summed E-state index contributed by atoms with van der Waals surface area (Å²) < 4.78 is 0. The van der Waals surface area contributed by atoms with E-state index >= 15 is 0 Å². The van der Waals surface area contributed by atoms with E-state index < -0.39 is 10.8 Å². The fraction of sp³-hybridized carbons (Fsp3) is 0.300. The Labute approximate surface area is 157 Å². The number of nitrogens with one attached hydrogen (secondary N) is 1. The van der Waals surface area contributed by atoms with Crippen LogP contribution >= 0.6 is 0 Å². The van der Waals surface area contributed by atoms with Gasteiger partial charge in [-0.3, -0.25) is 19.7 Å². The summed E-state index contributed by atoms with van der Waals surface area (Å²) >= 11 is 0. The molecule has 1 aliphatic heterocycles. The molecule has 1 fully saturated rings. The summed E-state index contributed by atoms with van der Waals surface area (Å²) in [6, 6.07) is 10.4. The lowest BCUT2D eigenvalue weighted by molar-refractivity contribution is -0.384. The number of hydrogen-bond donors (Lipinski definition) is 1. The van der Waals surface area contributed by atoms with E-state index in [-0.39, 0.29) is 36.2 Å². The highest BCUT2D eigenvalue weighted by Gasteiger charge is 2.36. The van der Waals surface area contributed by atoms with Gasteiger partial charge in [0, 0.05) is 24.7 Å². The van der Waals surface area contributed by atoms with Crippen molar-refractivity contribution in [2.75, 3.05) is 16.8 Å².